The van der Waals surface area contributed by atoms with Crippen LogP contribution in [0.5, 0.6) is 0 Å². The van der Waals surface area contributed by atoms with Crippen molar-refractivity contribution < 1.29 is 184 Å². The quantitative estimate of drug-likeness (QED) is 0.143. The average Bonchev–Trinajstić information content (AvgIpc) is 2.86. The maximum Gasteiger partial charge on any atom is 1.00 e. The Bertz CT molecular complexity index is 821. The molecule has 0 spiro atoms. The fraction of sp³-hybridized carbons (Fsp3) is 0.778. The van der Waals surface area contributed by atoms with Gasteiger partial charge in [0.15, 0.2) is 0 Å². The molecule has 2 aliphatic heterocycles. The summed E-state index contributed by atoms with van der Waals surface area (Å²) in [5.41, 5.74) is 0. The molecule has 2 aliphatic rings. The molecule has 2 N–H and O–H groups in total. The van der Waals surface area contributed by atoms with Gasteiger partial charge in [0.2, 0.25) is 5.91 Å². The Morgan fingerprint density at radius 2 is 1.61 bits per heavy atom. The summed E-state index contributed by atoms with van der Waals surface area (Å²) < 4.78 is 48.7. The molecule has 0 aliphatic carbocycles. The molecule has 0 aromatic heterocycles. The summed E-state index contributed by atoms with van der Waals surface area (Å²) in [5.74, 6) is -0.584. The summed E-state index contributed by atoms with van der Waals surface area (Å²) in [6, 6.07) is -0.814. The van der Waals surface area contributed by atoms with Gasteiger partial charge in [-0.25, -0.2) is 9.11 Å². The van der Waals surface area contributed by atoms with Crippen molar-refractivity contribution in [1.29, 1.82) is 0 Å². The van der Waals surface area contributed by atoms with Crippen molar-refractivity contribution in [3.8, 4) is 0 Å². The predicted molar refractivity (Wildman–Crippen MR) is 83.2 cm³/mol. The van der Waals surface area contributed by atoms with Gasteiger partial charge in [-0.15, -0.1) is 0 Å². The van der Waals surface area contributed by atoms with Crippen LogP contribution in [0.15, 0.2) is 0 Å². The molecular formula is C9H12BrN2Na4O14P3. The van der Waals surface area contributed by atoms with Gasteiger partial charge in [0, 0.05) is 13.0 Å². The van der Waals surface area contributed by atoms with Gasteiger partial charge in [0.1, 0.15) is 17.2 Å². The maximum absolute atomic E-state index is 11.9. The second-order valence-corrected chi connectivity index (χ2v) is 11.0. The molecule has 2 heterocycles. The second kappa shape index (κ2) is 16.8. The van der Waals surface area contributed by atoms with E-state index in [1.807, 2.05) is 5.32 Å². The van der Waals surface area contributed by atoms with Crippen LogP contribution in [-0.2, 0) is 36.4 Å². The molecule has 0 saturated carbocycles. The number of carbonyl (C=O) groups is 2. The summed E-state index contributed by atoms with van der Waals surface area (Å²) in [4.78, 5) is 66.6. The molecule has 0 aromatic carbocycles. The normalized spacial score (nSPS) is 28.6. The number of aliphatic hydroxyl groups is 1. The monoisotopic (exact) mass is 636 g/mol. The predicted octanol–water partition coefficient (Wildman–Crippen LogP) is -15.4. The van der Waals surface area contributed by atoms with Gasteiger partial charge in [-0.2, -0.15) is 0 Å². The standard InChI is InChI=1S/C9H16BrN2O14P3.4Na/c10-4-2-12(9(15)11-8(4)14)7-1-5(13)6(24-7)3-23-28(19,20)26-29(21,22)25-27(16,17)18;;;;/h4-7,13H,1-3H2,(H,19,20)(H,21,22)(H,11,14,15)(H2,16,17,18);;;;/q;4*+1/p-4/t4?,5-,6+,7+;;;;/m0..../s1. The van der Waals surface area contributed by atoms with Gasteiger partial charge < -0.3 is 38.5 Å². The number of rotatable bonds is 8. The summed E-state index contributed by atoms with van der Waals surface area (Å²) in [6.07, 6.45) is -4.00. The van der Waals surface area contributed by atoms with Crippen molar-refractivity contribution in [1.82, 2.24) is 10.2 Å². The molecule has 0 radical (unpaired) electrons. The van der Waals surface area contributed by atoms with Gasteiger partial charge in [0.25, 0.3) is 15.6 Å². The minimum atomic E-state index is -6.11. The second-order valence-electron chi connectivity index (χ2n) is 5.65. The Hall–Kier alpha value is 3.75. The van der Waals surface area contributed by atoms with Crippen LogP contribution in [0.4, 0.5) is 4.79 Å². The van der Waals surface area contributed by atoms with Crippen molar-refractivity contribution in [3.63, 3.8) is 0 Å². The van der Waals surface area contributed by atoms with Crippen molar-refractivity contribution in [2.24, 2.45) is 0 Å². The van der Waals surface area contributed by atoms with Gasteiger partial charge >= 0.3 is 124 Å². The minimum absolute atomic E-state index is 0. The fourth-order valence-electron chi connectivity index (χ4n) is 2.35. The number of amides is 3. The molecule has 2 saturated heterocycles. The number of hydrogen-bond acceptors (Lipinski definition) is 14. The zero-order chi connectivity index (χ0) is 22.2. The number of phosphoric acid groups is 3. The molecule has 2 fully saturated rings. The number of carbonyl (C=O) groups excluding carboxylic acids is 2. The third kappa shape index (κ3) is 14.1. The number of imide groups is 1. The van der Waals surface area contributed by atoms with E-state index in [4.69, 9.17) is 4.74 Å². The number of nitrogens with one attached hydrogen (secondary N) is 1. The average molecular weight is 637 g/mol. The molecule has 16 nitrogen and oxygen atoms in total. The molecule has 168 valence electrons. The van der Waals surface area contributed by atoms with Crippen LogP contribution < -0.4 is 143 Å². The zero-order valence-corrected chi connectivity index (χ0v) is 30.1. The van der Waals surface area contributed by atoms with Gasteiger partial charge in [0.05, 0.1) is 20.5 Å². The van der Waals surface area contributed by atoms with Crippen LogP contribution in [0.2, 0.25) is 0 Å². The van der Waals surface area contributed by atoms with E-state index in [-0.39, 0.29) is 131 Å². The molecule has 3 amide bonds. The third-order valence-electron chi connectivity index (χ3n) is 3.48. The summed E-state index contributed by atoms with van der Waals surface area (Å²) in [7, 11) is -18.0. The smallest absolute Gasteiger partial charge is 0.790 e. The SMILES string of the molecule is O=C1NC(=O)N([C@H]2C[C@H](O)[C@@H](COP(=O)([O-])OP(=O)([O-])OP(=O)([O-])[O-])O2)CC1Br.[Na+].[Na+].[Na+].[Na+]. The maximum atomic E-state index is 11.9. The van der Waals surface area contributed by atoms with Crippen LogP contribution in [0.1, 0.15) is 6.42 Å². The number of phosphoric ester groups is 1. The molecule has 33 heavy (non-hydrogen) atoms. The number of urea groups is 1. The summed E-state index contributed by atoms with van der Waals surface area (Å²) in [5, 5.41) is 12.0. The Morgan fingerprint density at radius 3 is 2.12 bits per heavy atom. The summed E-state index contributed by atoms with van der Waals surface area (Å²) >= 11 is 3.03. The van der Waals surface area contributed by atoms with E-state index in [2.05, 4.69) is 29.1 Å². The Balaban J connectivity index is -0.00000225. The first-order valence-electron chi connectivity index (χ1n) is 7.39. The van der Waals surface area contributed by atoms with Crippen LogP contribution in [0.3, 0.4) is 0 Å². The fourth-order valence-corrected chi connectivity index (χ4v) is 5.64. The summed E-state index contributed by atoms with van der Waals surface area (Å²) in [6.45, 7) is -1.10. The molecule has 3 unspecified atom stereocenters. The first kappa shape index (κ1) is 41.2. The first-order valence-corrected chi connectivity index (χ1v) is 12.7. The number of ether oxygens (including phenoxy) is 1. The number of alkyl halides is 1. The van der Waals surface area contributed by atoms with E-state index in [0.29, 0.717) is 0 Å². The largest absolute Gasteiger partial charge is 1.00 e. The number of aliphatic hydroxyl groups excluding tert-OH is 1. The Labute approximate surface area is 284 Å². The van der Waals surface area contributed by atoms with Gasteiger partial charge in [-0.05, 0) is 0 Å². The van der Waals surface area contributed by atoms with Crippen molar-refractivity contribution in [2.75, 3.05) is 13.2 Å². The topological polar surface area (TPSA) is 250 Å². The Morgan fingerprint density at radius 1 is 1.06 bits per heavy atom. The molecule has 6 atom stereocenters. The molecular weight excluding hydrogens is 625 g/mol. The first-order chi connectivity index (χ1) is 13.1. The van der Waals surface area contributed by atoms with Crippen LogP contribution in [0.25, 0.3) is 0 Å². The van der Waals surface area contributed by atoms with Crippen molar-refractivity contribution >= 4 is 51.3 Å². The molecule has 24 heteroatoms. The van der Waals surface area contributed by atoms with Gasteiger partial charge in [-0.1, -0.05) is 15.9 Å². The molecule has 2 rings (SSSR count). The molecule has 0 bridgehead atoms. The van der Waals surface area contributed by atoms with E-state index in [1.54, 1.807) is 0 Å². The van der Waals surface area contributed by atoms with Crippen molar-refractivity contribution in [2.45, 2.75) is 29.7 Å². The van der Waals surface area contributed by atoms with E-state index >= 15 is 0 Å². The number of nitrogens with zero attached hydrogens (tertiary/aromatic N) is 1. The van der Waals surface area contributed by atoms with Crippen LogP contribution in [0, 0.1) is 0 Å². The number of halogens is 1. The third-order valence-corrected chi connectivity index (χ3v) is 7.85. The van der Waals surface area contributed by atoms with E-state index < -0.39 is 65.3 Å². The van der Waals surface area contributed by atoms with Gasteiger partial charge in [-0.3, -0.25) is 28.5 Å². The molecule has 0 aromatic rings. The minimum Gasteiger partial charge on any atom is -0.790 e. The van der Waals surface area contributed by atoms with Crippen LogP contribution >= 0.6 is 39.4 Å². The van der Waals surface area contributed by atoms with E-state index in [0.717, 1.165) is 4.90 Å². The van der Waals surface area contributed by atoms with E-state index in [1.165, 1.54) is 0 Å². The van der Waals surface area contributed by atoms with Crippen LogP contribution in [-0.4, -0.2) is 58.4 Å². The zero-order valence-electron chi connectivity index (χ0n) is 17.9. The Kier molecular flexibility index (Phi) is 20.9. The van der Waals surface area contributed by atoms with Crippen molar-refractivity contribution in [3.05, 3.63) is 0 Å². The van der Waals surface area contributed by atoms with E-state index in [9.17, 15) is 48.0 Å². The number of hydrogen-bond donors (Lipinski definition) is 2.